The highest BCUT2D eigenvalue weighted by molar-refractivity contribution is 6.14. The fraction of sp³-hybridized carbons (Fsp3) is 0.250. The van der Waals surface area contributed by atoms with Crippen LogP contribution >= 0.6 is 0 Å². The average Bonchev–Trinajstić information content (AvgIpc) is 2.74. The van der Waals surface area contributed by atoms with Gasteiger partial charge in [-0.2, -0.15) is 0 Å². The molecule has 8 nitrogen and oxygen atoms in total. The topological polar surface area (TPSA) is 116 Å². The summed E-state index contributed by atoms with van der Waals surface area (Å²) in [6.07, 6.45) is 1.97. The highest BCUT2D eigenvalue weighted by atomic mass is 19.1. The number of carbonyl (C=O) groups is 4. The molecule has 2 aromatic rings. The number of carboxylic acids is 1. The number of carboxylic acid groups (broad SMARTS) is 1. The van der Waals surface area contributed by atoms with E-state index in [1.807, 2.05) is 19.1 Å². The monoisotopic (exact) mass is 453 g/mol. The van der Waals surface area contributed by atoms with Gasteiger partial charge in [0.15, 0.2) is 11.8 Å². The number of hydrogen-bond acceptors (Lipinski definition) is 4. The second kappa shape index (κ2) is 9.64. The summed E-state index contributed by atoms with van der Waals surface area (Å²) in [7, 11) is 1.44. The number of ketones is 1. The third kappa shape index (κ3) is 5.08. The van der Waals surface area contributed by atoms with Crippen LogP contribution in [0.5, 0.6) is 0 Å². The highest BCUT2D eigenvalue weighted by Crippen LogP contribution is 2.34. The predicted octanol–water partition coefficient (Wildman–Crippen LogP) is 2.85. The molecule has 0 radical (unpaired) electrons. The van der Waals surface area contributed by atoms with E-state index in [1.165, 1.54) is 36.4 Å². The summed E-state index contributed by atoms with van der Waals surface area (Å²) in [5, 5.41) is 14.2. The molecule has 33 heavy (non-hydrogen) atoms. The first-order valence-electron chi connectivity index (χ1n) is 10.2. The van der Waals surface area contributed by atoms with Crippen LogP contribution in [-0.4, -0.2) is 46.8 Å². The Hall–Kier alpha value is -4.01. The van der Waals surface area contributed by atoms with Gasteiger partial charge in [0.05, 0.1) is 12.5 Å². The smallest absolute Gasteiger partial charge is 0.316 e. The molecular formula is C24H24FN3O5. The summed E-state index contributed by atoms with van der Waals surface area (Å²) in [4.78, 5) is 49.5. The third-order valence-electron chi connectivity index (χ3n) is 5.55. The molecule has 0 aliphatic carbocycles. The van der Waals surface area contributed by atoms with Crippen molar-refractivity contribution in [2.75, 3.05) is 7.05 Å². The number of rotatable bonds is 6. The largest absolute Gasteiger partial charge is 0.481 e. The number of halogens is 1. The maximum atomic E-state index is 14.8. The number of aliphatic carboxylic acids is 1. The fourth-order valence-electron chi connectivity index (χ4n) is 3.81. The molecule has 0 fully saturated rings. The molecule has 0 saturated carbocycles. The number of aryl methyl sites for hydroxylation is 1. The first-order valence-corrected chi connectivity index (χ1v) is 10.2. The lowest BCUT2D eigenvalue weighted by Crippen LogP contribution is -2.55. The zero-order chi connectivity index (χ0) is 24.3. The molecule has 2 unspecified atom stereocenters. The molecule has 1 heterocycles. The van der Waals surface area contributed by atoms with Gasteiger partial charge in [0.1, 0.15) is 5.82 Å². The number of amides is 3. The Kier molecular flexibility index (Phi) is 6.91. The summed E-state index contributed by atoms with van der Waals surface area (Å²) in [6.45, 7) is 3.49. The Morgan fingerprint density at radius 3 is 2.52 bits per heavy atom. The van der Waals surface area contributed by atoms with Crippen molar-refractivity contribution in [1.29, 1.82) is 0 Å². The lowest BCUT2D eigenvalue weighted by molar-refractivity contribution is -0.138. The van der Waals surface area contributed by atoms with Crippen molar-refractivity contribution < 1.29 is 28.7 Å². The van der Waals surface area contributed by atoms with Crippen LogP contribution < -0.4 is 10.6 Å². The maximum Gasteiger partial charge on any atom is 0.316 e. The number of carbonyl (C=O) groups excluding carboxylic acids is 3. The van der Waals surface area contributed by atoms with E-state index < -0.39 is 48.0 Å². The van der Waals surface area contributed by atoms with Crippen molar-refractivity contribution in [3.8, 4) is 11.1 Å². The Balaban J connectivity index is 1.93. The van der Waals surface area contributed by atoms with Crippen molar-refractivity contribution in [3.63, 3.8) is 0 Å². The van der Waals surface area contributed by atoms with Gasteiger partial charge in [-0.1, -0.05) is 30.3 Å². The van der Waals surface area contributed by atoms with E-state index in [2.05, 4.69) is 10.6 Å². The summed E-state index contributed by atoms with van der Waals surface area (Å²) < 4.78 is 14.8. The van der Waals surface area contributed by atoms with E-state index in [1.54, 1.807) is 19.1 Å². The zero-order valence-electron chi connectivity index (χ0n) is 18.4. The number of nitrogens with one attached hydrogen (secondary N) is 2. The molecule has 0 saturated heterocycles. The summed E-state index contributed by atoms with van der Waals surface area (Å²) in [6, 6.07) is 6.52. The van der Waals surface area contributed by atoms with Gasteiger partial charge >= 0.3 is 12.0 Å². The van der Waals surface area contributed by atoms with Gasteiger partial charge in [0, 0.05) is 24.9 Å². The number of hydrogen-bond donors (Lipinski definition) is 3. The van der Waals surface area contributed by atoms with Gasteiger partial charge < -0.3 is 20.6 Å². The van der Waals surface area contributed by atoms with Crippen LogP contribution in [0.2, 0.25) is 0 Å². The molecule has 0 bridgehead atoms. The Bertz CT molecular complexity index is 1160. The van der Waals surface area contributed by atoms with E-state index >= 15 is 0 Å². The molecule has 3 amide bonds. The highest BCUT2D eigenvalue weighted by Gasteiger charge is 2.33. The van der Waals surface area contributed by atoms with Crippen molar-refractivity contribution in [3.05, 3.63) is 71.2 Å². The van der Waals surface area contributed by atoms with Crippen LogP contribution in [0.15, 0.2) is 48.7 Å². The van der Waals surface area contributed by atoms with Gasteiger partial charge in [-0.15, -0.1) is 0 Å². The number of likely N-dealkylation sites (N-methyl/N-ethyl adjacent to an activating group) is 1. The van der Waals surface area contributed by atoms with Gasteiger partial charge in [-0.25, -0.2) is 9.18 Å². The summed E-state index contributed by atoms with van der Waals surface area (Å²) in [5.41, 5.74) is 2.69. The maximum absolute atomic E-state index is 14.8. The SMILES string of the molecule is Cc1ccccc1-c1c(F)ccc(C(CC(=O)O)NC(=O)NC2C(=O)C=CN(C)C2=O)c1C. The number of nitrogens with zero attached hydrogens (tertiary/aromatic N) is 1. The summed E-state index contributed by atoms with van der Waals surface area (Å²) in [5.74, 6) is -2.87. The van der Waals surface area contributed by atoms with Crippen LogP contribution in [0.3, 0.4) is 0 Å². The number of urea groups is 1. The molecule has 1 aliphatic heterocycles. The van der Waals surface area contributed by atoms with E-state index in [-0.39, 0.29) is 0 Å². The van der Waals surface area contributed by atoms with Crippen molar-refractivity contribution >= 4 is 23.7 Å². The quantitative estimate of drug-likeness (QED) is 0.582. The van der Waals surface area contributed by atoms with E-state index in [0.29, 0.717) is 22.3 Å². The molecule has 0 spiro atoms. The lowest BCUT2D eigenvalue weighted by atomic mass is 9.89. The molecular weight excluding hydrogens is 429 g/mol. The van der Waals surface area contributed by atoms with Crippen molar-refractivity contribution in [2.45, 2.75) is 32.4 Å². The average molecular weight is 453 g/mol. The third-order valence-corrected chi connectivity index (χ3v) is 5.55. The molecule has 2 aromatic carbocycles. The van der Waals surface area contributed by atoms with Crippen molar-refractivity contribution in [2.24, 2.45) is 0 Å². The second-order valence-electron chi connectivity index (χ2n) is 7.82. The molecule has 1 aliphatic rings. The molecule has 3 N–H and O–H groups in total. The fourth-order valence-corrected chi connectivity index (χ4v) is 3.81. The van der Waals surface area contributed by atoms with Crippen LogP contribution in [-0.2, 0) is 14.4 Å². The minimum Gasteiger partial charge on any atom is -0.481 e. The van der Waals surface area contributed by atoms with Gasteiger partial charge in [0.2, 0.25) is 0 Å². The van der Waals surface area contributed by atoms with E-state index in [4.69, 9.17) is 0 Å². The second-order valence-corrected chi connectivity index (χ2v) is 7.82. The van der Waals surface area contributed by atoms with Gasteiger partial charge in [-0.05, 0) is 42.2 Å². The van der Waals surface area contributed by atoms with E-state index in [9.17, 15) is 28.7 Å². The van der Waals surface area contributed by atoms with Crippen LogP contribution in [0.4, 0.5) is 9.18 Å². The van der Waals surface area contributed by atoms with Crippen molar-refractivity contribution in [1.82, 2.24) is 15.5 Å². The minimum absolute atomic E-state index is 0.313. The molecule has 172 valence electrons. The molecule has 0 aromatic heterocycles. The number of benzene rings is 2. The van der Waals surface area contributed by atoms with E-state index in [0.717, 1.165) is 5.56 Å². The standard InChI is InChI=1S/C24H24FN3O5/c1-13-6-4-5-7-15(13)21-14(2)16(8-9-17(21)25)18(12-20(30)31)26-24(33)27-22-19(29)10-11-28(3)23(22)32/h4-11,18,22H,12H2,1-3H3,(H,30,31)(H2,26,27,33). The molecule has 3 rings (SSSR count). The molecule has 2 atom stereocenters. The Morgan fingerprint density at radius 1 is 1.15 bits per heavy atom. The predicted molar refractivity (Wildman–Crippen MR) is 119 cm³/mol. The zero-order valence-corrected chi connectivity index (χ0v) is 18.4. The first-order chi connectivity index (χ1) is 15.6. The molecule has 9 heteroatoms. The normalized spacial score (nSPS) is 16.5. The van der Waals surface area contributed by atoms with Gasteiger partial charge in [-0.3, -0.25) is 14.4 Å². The van der Waals surface area contributed by atoms with Crippen LogP contribution in [0, 0.1) is 19.7 Å². The Labute approximate surface area is 190 Å². The van der Waals surface area contributed by atoms with Crippen LogP contribution in [0.25, 0.3) is 11.1 Å². The lowest BCUT2D eigenvalue weighted by Gasteiger charge is -2.26. The minimum atomic E-state index is -1.41. The summed E-state index contributed by atoms with van der Waals surface area (Å²) >= 11 is 0. The Morgan fingerprint density at radius 2 is 1.85 bits per heavy atom. The van der Waals surface area contributed by atoms with Crippen LogP contribution in [0.1, 0.15) is 29.2 Å². The van der Waals surface area contributed by atoms with Gasteiger partial charge in [0.25, 0.3) is 5.91 Å². The first kappa shape index (κ1) is 23.6.